The summed E-state index contributed by atoms with van der Waals surface area (Å²) in [6.45, 7) is 0. The van der Waals surface area contributed by atoms with Crippen LogP contribution >= 0.6 is 0 Å². The first-order valence-corrected chi connectivity index (χ1v) is 4.35. The number of hydrogen-bond acceptors (Lipinski definition) is 3. The lowest BCUT2D eigenvalue weighted by atomic mass is 10.4. The first-order valence-electron chi connectivity index (χ1n) is 2.79. The Balaban J connectivity index is 3.15. The van der Waals surface area contributed by atoms with E-state index < -0.39 is 22.4 Å². The minimum atomic E-state index is -1.31. The van der Waals surface area contributed by atoms with Gasteiger partial charge < -0.3 is 5.11 Å². The second-order valence-corrected chi connectivity index (χ2v) is 3.25. The van der Waals surface area contributed by atoms with Crippen molar-refractivity contribution in [2.45, 2.75) is 5.03 Å². The summed E-state index contributed by atoms with van der Waals surface area (Å²) in [6.07, 6.45) is 2.32. The molecule has 0 spiro atoms. The van der Waals surface area contributed by atoms with Gasteiger partial charge in [0.05, 0.1) is 17.0 Å². The Morgan fingerprint density at radius 1 is 1.73 bits per heavy atom. The Bertz CT molecular complexity index is 303. The molecule has 60 valence electrons. The smallest absolute Gasteiger partial charge is 0.170 e. The fourth-order valence-electron chi connectivity index (χ4n) is 0.563. The van der Waals surface area contributed by atoms with Crippen LogP contribution in [0.1, 0.15) is 0 Å². The summed E-state index contributed by atoms with van der Waals surface area (Å²) in [5, 5.41) is 8.81. The van der Waals surface area contributed by atoms with E-state index in [0.29, 0.717) is 0 Å². The van der Waals surface area contributed by atoms with Crippen LogP contribution in [0, 0.1) is 5.82 Å². The van der Waals surface area contributed by atoms with Crippen molar-refractivity contribution < 1.29 is 13.7 Å². The molecule has 1 aromatic heterocycles. The minimum Gasteiger partial charge on any atom is -0.504 e. The monoisotopic (exact) mass is 175 g/mol. The standard InChI is InChI=1S/C6H6FNO2S/c1-11(10)6-2-4(7)5(9)3-8-6/h2-3,9H,1H3. The van der Waals surface area contributed by atoms with E-state index in [1.165, 1.54) is 6.26 Å². The third kappa shape index (κ3) is 1.74. The van der Waals surface area contributed by atoms with Crippen LogP contribution in [0.25, 0.3) is 0 Å². The van der Waals surface area contributed by atoms with Gasteiger partial charge in [0, 0.05) is 12.3 Å². The largest absolute Gasteiger partial charge is 0.504 e. The van der Waals surface area contributed by atoms with Crippen molar-refractivity contribution in [1.29, 1.82) is 0 Å². The van der Waals surface area contributed by atoms with Crippen molar-refractivity contribution >= 4 is 10.8 Å². The van der Waals surface area contributed by atoms with Crippen LogP contribution in [0.2, 0.25) is 0 Å². The van der Waals surface area contributed by atoms with E-state index in [0.717, 1.165) is 12.3 Å². The Hall–Kier alpha value is -0.970. The molecule has 0 radical (unpaired) electrons. The molecule has 1 unspecified atom stereocenters. The lowest BCUT2D eigenvalue weighted by Gasteiger charge is -1.96. The van der Waals surface area contributed by atoms with Crippen LogP contribution in [-0.4, -0.2) is 20.6 Å². The third-order valence-electron chi connectivity index (χ3n) is 1.10. The summed E-state index contributed by atoms with van der Waals surface area (Å²) in [4.78, 5) is 3.55. The van der Waals surface area contributed by atoms with E-state index in [9.17, 15) is 8.60 Å². The molecule has 0 fully saturated rings. The predicted molar refractivity (Wildman–Crippen MR) is 38.2 cm³/mol. The highest BCUT2D eigenvalue weighted by atomic mass is 32.2. The lowest BCUT2D eigenvalue weighted by molar-refractivity contribution is 0.427. The number of pyridine rings is 1. The highest BCUT2D eigenvalue weighted by Crippen LogP contribution is 2.14. The van der Waals surface area contributed by atoms with Crippen LogP contribution in [0.5, 0.6) is 5.75 Å². The zero-order valence-corrected chi connectivity index (χ0v) is 6.56. The second-order valence-electron chi connectivity index (χ2n) is 1.93. The minimum absolute atomic E-state index is 0.125. The molecule has 0 saturated carbocycles. The van der Waals surface area contributed by atoms with Crippen molar-refractivity contribution in [3.8, 4) is 5.75 Å². The van der Waals surface area contributed by atoms with Crippen LogP contribution in [0.15, 0.2) is 17.3 Å². The quantitative estimate of drug-likeness (QED) is 0.682. The fraction of sp³-hybridized carbons (Fsp3) is 0.167. The molecule has 0 aliphatic heterocycles. The molecular formula is C6H6FNO2S. The molecule has 1 N–H and O–H groups in total. The Morgan fingerprint density at radius 3 is 2.82 bits per heavy atom. The van der Waals surface area contributed by atoms with E-state index in [4.69, 9.17) is 5.11 Å². The molecule has 1 atom stereocenters. The number of halogens is 1. The average molecular weight is 175 g/mol. The second kappa shape index (κ2) is 2.96. The molecule has 0 bridgehead atoms. The van der Waals surface area contributed by atoms with E-state index >= 15 is 0 Å². The molecular weight excluding hydrogens is 169 g/mol. The maximum atomic E-state index is 12.5. The summed E-state index contributed by atoms with van der Waals surface area (Å²) in [6, 6.07) is 0.950. The number of rotatable bonds is 1. The Morgan fingerprint density at radius 2 is 2.36 bits per heavy atom. The summed E-state index contributed by atoms with van der Waals surface area (Å²) >= 11 is 0. The van der Waals surface area contributed by atoms with Gasteiger partial charge in [-0.1, -0.05) is 0 Å². The maximum Gasteiger partial charge on any atom is 0.170 e. The van der Waals surface area contributed by atoms with Gasteiger partial charge in [0.2, 0.25) is 0 Å². The predicted octanol–water partition coefficient (Wildman–Crippen LogP) is 0.664. The molecule has 11 heavy (non-hydrogen) atoms. The molecule has 1 aromatic rings. The van der Waals surface area contributed by atoms with Gasteiger partial charge in [0.1, 0.15) is 5.03 Å². The van der Waals surface area contributed by atoms with Gasteiger partial charge in [-0.05, 0) is 0 Å². The molecule has 0 amide bonds. The number of nitrogens with zero attached hydrogens (tertiary/aromatic N) is 1. The Labute approximate surface area is 65.4 Å². The van der Waals surface area contributed by atoms with E-state index in [2.05, 4.69) is 4.98 Å². The molecule has 0 aromatic carbocycles. The van der Waals surface area contributed by atoms with E-state index in [1.807, 2.05) is 0 Å². The van der Waals surface area contributed by atoms with E-state index in [1.54, 1.807) is 0 Å². The van der Waals surface area contributed by atoms with Gasteiger partial charge in [0.25, 0.3) is 0 Å². The van der Waals surface area contributed by atoms with Crippen LogP contribution in [0.4, 0.5) is 4.39 Å². The van der Waals surface area contributed by atoms with Gasteiger partial charge in [0.15, 0.2) is 11.6 Å². The first-order chi connectivity index (χ1) is 5.11. The van der Waals surface area contributed by atoms with Crippen molar-refractivity contribution in [3.63, 3.8) is 0 Å². The third-order valence-corrected chi connectivity index (χ3v) is 1.92. The maximum absolute atomic E-state index is 12.5. The first kappa shape index (κ1) is 8.13. The summed E-state index contributed by atoms with van der Waals surface area (Å²) < 4.78 is 23.2. The SMILES string of the molecule is CS(=O)c1cc(F)c(O)cn1. The molecule has 0 saturated heterocycles. The van der Waals surface area contributed by atoms with Crippen molar-refractivity contribution in [2.24, 2.45) is 0 Å². The van der Waals surface area contributed by atoms with Crippen LogP contribution < -0.4 is 0 Å². The van der Waals surface area contributed by atoms with Crippen molar-refractivity contribution in [3.05, 3.63) is 18.1 Å². The normalized spacial score (nSPS) is 12.9. The van der Waals surface area contributed by atoms with Crippen molar-refractivity contribution in [1.82, 2.24) is 4.98 Å². The van der Waals surface area contributed by atoms with E-state index in [-0.39, 0.29) is 5.03 Å². The van der Waals surface area contributed by atoms with Gasteiger partial charge in [-0.15, -0.1) is 0 Å². The topological polar surface area (TPSA) is 50.2 Å². The molecule has 1 heterocycles. The summed E-state index contributed by atoms with van der Waals surface area (Å²) in [5.74, 6) is -1.33. The Kier molecular flexibility index (Phi) is 2.19. The highest BCUT2D eigenvalue weighted by molar-refractivity contribution is 7.84. The number of aromatic nitrogens is 1. The summed E-state index contributed by atoms with van der Waals surface area (Å²) in [5.41, 5.74) is 0. The zero-order chi connectivity index (χ0) is 8.43. The van der Waals surface area contributed by atoms with Crippen LogP contribution in [-0.2, 0) is 10.8 Å². The fourth-order valence-corrected chi connectivity index (χ4v) is 1.03. The molecule has 0 aliphatic carbocycles. The average Bonchev–Trinajstić information content (AvgIpc) is 1.94. The molecule has 5 heteroatoms. The van der Waals surface area contributed by atoms with Crippen molar-refractivity contribution in [2.75, 3.05) is 6.26 Å². The number of hydrogen-bond donors (Lipinski definition) is 1. The van der Waals surface area contributed by atoms with Crippen LogP contribution in [0.3, 0.4) is 0 Å². The number of aromatic hydroxyl groups is 1. The van der Waals surface area contributed by atoms with Gasteiger partial charge in [-0.25, -0.2) is 9.37 Å². The highest BCUT2D eigenvalue weighted by Gasteiger charge is 2.04. The molecule has 1 rings (SSSR count). The molecule has 0 aliphatic rings. The summed E-state index contributed by atoms with van der Waals surface area (Å²) in [7, 11) is -1.31. The zero-order valence-electron chi connectivity index (χ0n) is 5.74. The van der Waals surface area contributed by atoms with Gasteiger partial charge >= 0.3 is 0 Å². The lowest BCUT2D eigenvalue weighted by Crippen LogP contribution is -1.92. The molecule has 3 nitrogen and oxygen atoms in total. The van der Waals surface area contributed by atoms with Gasteiger partial charge in [-0.3, -0.25) is 4.21 Å². The van der Waals surface area contributed by atoms with Gasteiger partial charge in [-0.2, -0.15) is 0 Å².